The molecule has 0 radical (unpaired) electrons. The summed E-state index contributed by atoms with van der Waals surface area (Å²) in [5, 5.41) is 0. The Morgan fingerprint density at radius 1 is 1.57 bits per heavy atom. The third kappa shape index (κ3) is 1.51. The number of methoxy groups -OCH3 is 1. The minimum Gasteiger partial charge on any atom is -0.380 e. The van der Waals surface area contributed by atoms with Crippen LogP contribution in [0.4, 0.5) is 0 Å². The van der Waals surface area contributed by atoms with Crippen LogP contribution in [0.3, 0.4) is 0 Å². The number of rotatable bonds is 2. The minimum absolute atomic E-state index is 0.0113. The van der Waals surface area contributed by atoms with Crippen LogP contribution < -0.4 is 5.73 Å². The third-order valence-corrected chi connectivity index (χ3v) is 3.17. The van der Waals surface area contributed by atoms with Crippen LogP contribution in [0.15, 0.2) is 0 Å². The van der Waals surface area contributed by atoms with Crippen LogP contribution in [0.1, 0.15) is 6.42 Å². The average molecular weight is 199 g/mol. The summed E-state index contributed by atoms with van der Waals surface area (Å²) in [4.78, 5) is 15.8. The molecule has 2 fully saturated rings. The molecule has 1 amide bonds. The molecule has 2 atom stereocenters. The van der Waals surface area contributed by atoms with Gasteiger partial charge in [0.25, 0.3) is 0 Å². The Morgan fingerprint density at radius 3 is 3.00 bits per heavy atom. The van der Waals surface area contributed by atoms with Crippen molar-refractivity contribution in [1.82, 2.24) is 9.80 Å². The summed E-state index contributed by atoms with van der Waals surface area (Å²) >= 11 is 0. The van der Waals surface area contributed by atoms with Gasteiger partial charge in [-0.3, -0.25) is 9.69 Å². The van der Waals surface area contributed by atoms with Gasteiger partial charge in [0.05, 0.1) is 18.8 Å². The number of carbonyl (C=O) groups is 1. The zero-order valence-electron chi connectivity index (χ0n) is 8.48. The number of hydrogen-bond donors (Lipinski definition) is 1. The van der Waals surface area contributed by atoms with E-state index in [9.17, 15) is 4.79 Å². The van der Waals surface area contributed by atoms with E-state index >= 15 is 0 Å². The Kier molecular flexibility index (Phi) is 2.71. The fraction of sp³-hybridized carbons (Fsp3) is 0.889. The lowest BCUT2D eigenvalue weighted by Crippen LogP contribution is -2.55. The largest absolute Gasteiger partial charge is 0.380 e. The van der Waals surface area contributed by atoms with Gasteiger partial charge in [-0.15, -0.1) is 0 Å². The summed E-state index contributed by atoms with van der Waals surface area (Å²) < 4.78 is 5.28. The fourth-order valence-electron chi connectivity index (χ4n) is 2.29. The Morgan fingerprint density at radius 2 is 2.36 bits per heavy atom. The highest BCUT2D eigenvalue weighted by molar-refractivity contribution is 5.83. The summed E-state index contributed by atoms with van der Waals surface area (Å²) in [5.41, 5.74) is 5.50. The lowest BCUT2D eigenvalue weighted by molar-refractivity contribution is -0.139. The van der Waals surface area contributed by atoms with Crippen molar-refractivity contribution in [1.29, 1.82) is 0 Å². The summed E-state index contributed by atoms with van der Waals surface area (Å²) in [6.07, 6.45) is 1.02. The zero-order valence-corrected chi connectivity index (χ0v) is 8.48. The molecule has 0 aromatic heterocycles. The smallest absolute Gasteiger partial charge is 0.241 e. The van der Waals surface area contributed by atoms with E-state index in [1.54, 1.807) is 12.0 Å². The SMILES string of the molecule is COC1CC2C(=O)N(CN)CCN2C1. The second kappa shape index (κ2) is 3.84. The molecule has 14 heavy (non-hydrogen) atoms. The maximum atomic E-state index is 11.8. The van der Waals surface area contributed by atoms with Gasteiger partial charge < -0.3 is 15.4 Å². The molecular formula is C9H17N3O2. The first-order valence-corrected chi connectivity index (χ1v) is 5.02. The Hall–Kier alpha value is -0.650. The maximum absolute atomic E-state index is 11.8. The number of carbonyl (C=O) groups excluding carboxylic acids is 1. The molecule has 2 unspecified atom stereocenters. The van der Waals surface area contributed by atoms with Gasteiger partial charge >= 0.3 is 0 Å². The molecule has 0 aliphatic carbocycles. The molecule has 2 aliphatic rings. The molecule has 2 N–H and O–H groups in total. The van der Waals surface area contributed by atoms with Crippen LogP contribution in [-0.2, 0) is 9.53 Å². The molecule has 2 rings (SSSR count). The molecule has 0 aromatic carbocycles. The molecule has 80 valence electrons. The van der Waals surface area contributed by atoms with Crippen molar-refractivity contribution in [2.45, 2.75) is 18.6 Å². The van der Waals surface area contributed by atoms with Crippen LogP contribution in [0.2, 0.25) is 0 Å². The summed E-state index contributed by atoms with van der Waals surface area (Å²) in [6.45, 7) is 2.89. The number of fused-ring (bicyclic) bond motifs is 1. The second-order valence-corrected chi connectivity index (χ2v) is 3.89. The minimum atomic E-state index is 0.0113. The molecule has 2 heterocycles. The van der Waals surface area contributed by atoms with Crippen molar-refractivity contribution in [2.75, 3.05) is 33.4 Å². The van der Waals surface area contributed by atoms with Crippen LogP contribution in [0.25, 0.3) is 0 Å². The van der Waals surface area contributed by atoms with E-state index in [1.807, 2.05) is 0 Å². The van der Waals surface area contributed by atoms with E-state index in [2.05, 4.69) is 4.90 Å². The highest BCUT2D eigenvalue weighted by Gasteiger charge is 2.41. The van der Waals surface area contributed by atoms with Crippen molar-refractivity contribution in [3.05, 3.63) is 0 Å². The maximum Gasteiger partial charge on any atom is 0.241 e. The normalized spacial score (nSPS) is 33.6. The van der Waals surface area contributed by atoms with E-state index in [4.69, 9.17) is 10.5 Å². The highest BCUT2D eigenvalue weighted by atomic mass is 16.5. The van der Waals surface area contributed by atoms with Crippen LogP contribution in [0.5, 0.6) is 0 Å². The van der Waals surface area contributed by atoms with Gasteiger partial charge in [-0.2, -0.15) is 0 Å². The van der Waals surface area contributed by atoms with Crippen molar-refractivity contribution in [3.8, 4) is 0 Å². The van der Waals surface area contributed by atoms with Crippen LogP contribution in [-0.4, -0.2) is 61.3 Å². The second-order valence-electron chi connectivity index (χ2n) is 3.89. The summed E-state index contributed by atoms with van der Waals surface area (Å²) in [7, 11) is 1.70. The first-order chi connectivity index (χ1) is 6.76. The highest BCUT2D eigenvalue weighted by Crippen LogP contribution is 2.24. The van der Waals surface area contributed by atoms with Crippen molar-refractivity contribution < 1.29 is 9.53 Å². The van der Waals surface area contributed by atoms with Crippen LogP contribution in [0, 0.1) is 0 Å². The number of ether oxygens (including phenoxy) is 1. The van der Waals surface area contributed by atoms with Crippen LogP contribution >= 0.6 is 0 Å². The lowest BCUT2D eigenvalue weighted by atomic mass is 10.1. The number of nitrogens with two attached hydrogens (primary N) is 1. The molecule has 0 spiro atoms. The van der Waals surface area contributed by atoms with E-state index in [0.29, 0.717) is 6.67 Å². The Labute approximate surface area is 83.8 Å². The Balaban J connectivity index is 2.04. The van der Waals surface area contributed by atoms with E-state index in [-0.39, 0.29) is 18.1 Å². The van der Waals surface area contributed by atoms with Crippen molar-refractivity contribution in [2.24, 2.45) is 5.73 Å². The van der Waals surface area contributed by atoms with Gasteiger partial charge in [0.2, 0.25) is 5.91 Å². The number of hydrogen-bond acceptors (Lipinski definition) is 4. The van der Waals surface area contributed by atoms with Gasteiger partial charge in [0.1, 0.15) is 0 Å². The predicted octanol–water partition coefficient (Wildman–Crippen LogP) is -1.17. The average Bonchev–Trinajstić information content (AvgIpc) is 2.62. The van der Waals surface area contributed by atoms with Gasteiger partial charge in [-0.05, 0) is 6.42 Å². The molecule has 0 bridgehead atoms. The van der Waals surface area contributed by atoms with Gasteiger partial charge in [0.15, 0.2) is 0 Å². The standard InChI is InChI=1S/C9H17N3O2/c1-14-7-4-8-9(13)12(6-10)3-2-11(8)5-7/h7-8H,2-6,10H2,1H3. The van der Waals surface area contributed by atoms with Crippen molar-refractivity contribution >= 4 is 5.91 Å². The molecular weight excluding hydrogens is 182 g/mol. The first-order valence-electron chi connectivity index (χ1n) is 5.02. The van der Waals surface area contributed by atoms with Gasteiger partial charge in [0, 0.05) is 26.7 Å². The molecule has 2 aliphatic heterocycles. The summed E-state index contributed by atoms with van der Waals surface area (Å²) in [6, 6.07) is 0.0113. The van der Waals surface area contributed by atoms with E-state index < -0.39 is 0 Å². The fourth-order valence-corrected chi connectivity index (χ4v) is 2.29. The van der Waals surface area contributed by atoms with Gasteiger partial charge in [-0.25, -0.2) is 0 Å². The van der Waals surface area contributed by atoms with Crippen molar-refractivity contribution in [3.63, 3.8) is 0 Å². The molecule has 2 saturated heterocycles. The monoisotopic (exact) mass is 199 g/mol. The predicted molar refractivity (Wildman–Crippen MR) is 51.5 cm³/mol. The molecule has 0 saturated carbocycles. The number of piperazine rings is 1. The first kappa shape index (κ1) is 9.89. The van der Waals surface area contributed by atoms with E-state index in [1.165, 1.54) is 0 Å². The molecule has 5 nitrogen and oxygen atoms in total. The van der Waals surface area contributed by atoms with E-state index in [0.717, 1.165) is 26.1 Å². The molecule has 0 aromatic rings. The summed E-state index contributed by atoms with van der Waals surface area (Å²) in [5.74, 6) is 0.165. The third-order valence-electron chi connectivity index (χ3n) is 3.17. The molecule has 5 heteroatoms. The zero-order chi connectivity index (χ0) is 10.1. The van der Waals surface area contributed by atoms with Gasteiger partial charge in [-0.1, -0.05) is 0 Å². The topological polar surface area (TPSA) is 58.8 Å². The quantitative estimate of drug-likeness (QED) is 0.609. The Bertz CT molecular complexity index is 234. The lowest BCUT2D eigenvalue weighted by Gasteiger charge is -2.35. The number of amides is 1. The number of nitrogens with zero attached hydrogens (tertiary/aromatic N) is 2.